The van der Waals surface area contributed by atoms with Crippen molar-refractivity contribution in [1.29, 1.82) is 0 Å². The number of benzene rings is 3. The average Bonchev–Trinajstić information content (AvgIpc) is 2.95. The minimum atomic E-state index is -0.146. The fourth-order valence-electron chi connectivity index (χ4n) is 5.26. The highest BCUT2D eigenvalue weighted by Gasteiger charge is 2.40. The molecule has 1 saturated carbocycles. The fourth-order valence-corrected chi connectivity index (χ4v) is 6.73. The summed E-state index contributed by atoms with van der Waals surface area (Å²) in [6.45, 7) is 3.11. The van der Waals surface area contributed by atoms with Crippen molar-refractivity contribution in [3.8, 4) is 5.75 Å². The summed E-state index contributed by atoms with van der Waals surface area (Å²) in [5, 5.41) is 3.39. The summed E-state index contributed by atoms with van der Waals surface area (Å²) >= 11 is 1.73. The Hall–Kier alpha value is -3.51. The van der Waals surface area contributed by atoms with Gasteiger partial charge in [0, 0.05) is 35.5 Å². The fraction of sp³-hybridized carbons (Fsp3) is 0.312. The topological polar surface area (TPSA) is 58.6 Å². The number of nitrogens with zero attached hydrogens (tertiary/aromatic N) is 1. The van der Waals surface area contributed by atoms with Gasteiger partial charge in [-0.25, -0.2) is 0 Å². The number of fused-ring (bicyclic) bond motifs is 1. The maximum absolute atomic E-state index is 13.7. The molecule has 3 aromatic carbocycles. The van der Waals surface area contributed by atoms with E-state index in [2.05, 4.69) is 41.4 Å². The lowest BCUT2D eigenvalue weighted by molar-refractivity contribution is -0.130. The molecule has 5 rings (SSSR count). The van der Waals surface area contributed by atoms with Crippen LogP contribution in [0.2, 0.25) is 0 Å². The number of aryl methyl sites for hydroxylation is 1. The highest BCUT2D eigenvalue weighted by atomic mass is 32.2. The van der Waals surface area contributed by atoms with Crippen molar-refractivity contribution in [1.82, 2.24) is 10.2 Å². The van der Waals surface area contributed by atoms with Crippen molar-refractivity contribution >= 4 is 29.7 Å². The number of amides is 2. The lowest BCUT2D eigenvalue weighted by Crippen LogP contribution is -2.50. The van der Waals surface area contributed by atoms with Gasteiger partial charge in [0.25, 0.3) is 11.8 Å². The molecule has 2 aliphatic rings. The van der Waals surface area contributed by atoms with E-state index in [1.807, 2.05) is 54.6 Å². The zero-order valence-corrected chi connectivity index (χ0v) is 22.8. The van der Waals surface area contributed by atoms with Crippen LogP contribution in [-0.2, 0) is 17.9 Å². The molecule has 0 bridgehead atoms. The number of carbonyl (C=O) groups excluding carboxylic acids is 2. The Morgan fingerprint density at radius 3 is 2.53 bits per heavy atom. The first-order chi connectivity index (χ1) is 18.5. The van der Waals surface area contributed by atoms with Crippen LogP contribution in [0.3, 0.4) is 0 Å². The molecule has 1 N–H and O–H groups in total. The molecule has 2 amide bonds. The molecular formula is C32H34N2O3S. The van der Waals surface area contributed by atoms with Gasteiger partial charge in [0.15, 0.2) is 0 Å². The summed E-state index contributed by atoms with van der Waals surface area (Å²) < 4.78 is 5.37. The third-order valence-electron chi connectivity index (χ3n) is 7.39. The molecule has 2 unspecified atom stereocenters. The van der Waals surface area contributed by atoms with Crippen LogP contribution in [0.4, 0.5) is 0 Å². The molecule has 2 fully saturated rings. The summed E-state index contributed by atoms with van der Waals surface area (Å²) in [6, 6.07) is 23.9. The molecular weight excluding hydrogens is 492 g/mol. The monoisotopic (exact) mass is 526 g/mol. The minimum absolute atomic E-state index is 0.109. The molecule has 1 saturated heterocycles. The van der Waals surface area contributed by atoms with E-state index in [0.29, 0.717) is 23.9 Å². The number of para-hydroxylation sites is 1. The number of hydrogen-bond acceptors (Lipinski definition) is 4. The largest absolute Gasteiger partial charge is 0.496 e. The quantitative estimate of drug-likeness (QED) is 0.364. The number of methoxy groups -OCH3 is 1. The zero-order chi connectivity index (χ0) is 26.5. The average molecular weight is 527 g/mol. The van der Waals surface area contributed by atoms with Gasteiger partial charge in [-0.2, -0.15) is 0 Å². The second kappa shape index (κ2) is 11.9. The molecule has 1 aliphatic heterocycles. The first-order valence-electron chi connectivity index (χ1n) is 13.3. The molecule has 2 atom stereocenters. The molecule has 0 aromatic heterocycles. The maximum atomic E-state index is 13.7. The summed E-state index contributed by atoms with van der Waals surface area (Å²) in [5.74, 6) is 0.714. The number of thioether (sulfide) groups is 1. The predicted molar refractivity (Wildman–Crippen MR) is 154 cm³/mol. The van der Waals surface area contributed by atoms with Gasteiger partial charge in [0.05, 0.1) is 12.0 Å². The van der Waals surface area contributed by atoms with E-state index in [1.54, 1.807) is 18.9 Å². The molecule has 0 spiro atoms. The van der Waals surface area contributed by atoms with E-state index in [4.69, 9.17) is 4.74 Å². The van der Waals surface area contributed by atoms with Crippen LogP contribution < -0.4 is 10.1 Å². The Morgan fingerprint density at radius 2 is 1.76 bits per heavy atom. The Balaban J connectivity index is 1.29. The number of nitrogens with one attached hydrogen (secondary N) is 1. The third kappa shape index (κ3) is 5.97. The summed E-state index contributed by atoms with van der Waals surface area (Å²) in [7, 11) is 1.62. The molecule has 0 radical (unpaired) electrons. The van der Waals surface area contributed by atoms with Crippen LogP contribution in [0, 0.1) is 6.92 Å². The Kier molecular flexibility index (Phi) is 8.18. The zero-order valence-electron chi connectivity index (χ0n) is 22.0. The summed E-state index contributed by atoms with van der Waals surface area (Å²) in [6.07, 6.45) is 6.58. The molecule has 1 aliphatic carbocycles. The first kappa shape index (κ1) is 26.1. The second-order valence-corrected chi connectivity index (χ2v) is 11.3. The lowest BCUT2D eigenvalue weighted by atomic mass is 9.92. The van der Waals surface area contributed by atoms with E-state index in [0.717, 1.165) is 34.6 Å². The number of carbonyl (C=O) groups is 2. The van der Waals surface area contributed by atoms with E-state index in [1.165, 1.54) is 24.0 Å². The molecule has 38 heavy (non-hydrogen) atoms. The van der Waals surface area contributed by atoms with E-state index >= 15 is 0 Å². The van der Waals surface area contributed by atoms with Crippen molar-refractivity contribution in [2.24, 2.45) is 0 Å². The van der Waals surface area contributed by atoms with Gasteiger partial charge in [-0.15, -0.1) is 11.8 Å². The normalized spacial score (nSPS) is 20.2. The number of hydrogen-bond donors (Lipinski definition) is 1. The van der Waals surface area contributed by atoms with Gasteiger partial charge in [-0.3, -0.25) is 9.59 Å². The van der Waals surface area contributed by atoms with E-state index in [9.17, 15) is 9.59 Å². The molecule has 6 heteroatoms. The van der Waals surface area contributed by atoms with Gasteiger partial charge in [0.2, 0.25) is 0 Å². The third-order valence-corrected chi connectivity index (χ3v) is 8.79. The van der Waals surface area contributed by atoms with Crippen molar-refractivity contribution in [2.45, 2.75) is 57.0 Å². The first-order valence-corrected chi connectivity index (χ1v) is 14.1. The minimum Gasteiger partial charge on any atom is -0.496 e. The van der Waals surface area contributed by atoms with E-state index in [-0.39, 0.29) is 17.9 Å². The Labute approximate surface area is 229 Å². The summed E-state index contributed by atoms with van der Waals surface area (Å²) in [5.41, 5.74) is 4.82. The van der Waals surface area contributed by atoms with E-state index < -0.39 is 0 Å². The Bertz CT molecular complexity index is 1320. The number of rotatable bonds is 7. The number of ether oxygens (including phenoxy) is 1. The van der Waals surface area contributed by atoms with Gasteiger partial charge in [-0.1, -0.05) is 73.0 Å². The predicted octanol–water partition coefficient (Wildman–Crippen LogP) is 6.36. The Morgan fingerprint density at radius 1 is 1.03 bits per heavy atom. The summed E-state index contributed by atoms with van der Waals surface area (Å²) in [4.78, 5) is 29.3. The van der Waals surface area contributed by atoms with Crippen LogP contribution in [0.25, 0.3) is 6.08 Å². The van der Waals surface area contributed by atoms with Crippen molar-refractivity contribution in [3.05, 3.63) is 106 Å². The smallest absolute Gasteiger partial charge is 0.260 e. The standard InChI is InChI=1S/C32H34N2O3S/c1-22-11-13-24(14-12-22)21-34-27-8-4-6-10-29(27)38-30(32(34)36)19-23-15-17-25(18-16-23)31(35)33-20-26-7-3-5-9-28(26)37-2/h3,5,7,9,11-19,27,29H,4,6,8,10,20-21H2,1-2H3,(H,33,35)/b30-19+. The lowest BCUT2D eigenvalue weighted by Gasteiger charge is -2.44. The van der Waals surface area contributed by atoms with Crippen molar-refractivity contribution < 1.29 is 14.3 Å². The van der Waals surface area contributed by atoms with Crippen LogP contribution in [0.1, 0.15) is 58.3 Å². The van der Waals surface area contributed by atoms with Crippen LogP contribution >= 0.6 is 11.8 Å². The molecule has 5 nitrogen and oxygen atoms in total. The van der Waals surface area contributed by atoms with Crippen LogP contribution in [0.5, 0.6) is 5.75 Å². The second-order valence-electron chi connectivity index (χ2n) is 10.1. The van der Waals surface area contributed by atoms with Gasteiger partial charge in [0.1, 0.15) is 5.75 Å². The van der Waals surface area contributed by atoms with Crippen LogP contribution in [0.15, 0.2) is 77.7 Å². The highest BCUT2D eigenvalue weighted by Crippen LogP contribution is 2.42. The molecule has 1 heterocycles. The van der Waals surface area contributed by atoms with Gasteiger partial charge < -0.3 is 15.0 Å². The van der Waals surface area contributed by atoms with Crippen molar-refractivity contribution in [3.63, 3.8) is 0 Å². The van der Waals surface area contributed by atoms with Gasteiger partial charge in [-0.05, 0) is 55.2 Å². The SMILES string of the molecule is COc1ccccc1CNC(=O)c1ccc(/C=C2/SC3CCCCC3N(Cc3ccc(C)cc3)C2=O)cc1. The highest BCUT2D eigenvalue weighted by molar-refractivity contribution is 8.04. The molecule has 196 valence electrons. The van der Waals surface area contributed by atoms with Gasteiger partial charge >= 0.3 is 0 Å². The van der Waals surface area contributed by atoms with Crippen LogP contribution in [-0.4, -0.2) is 35.1 Å². The molecule has 3 aromatic rings. The van der Waals surface area contributed by atoms with Crippen molar-refractivity contribution in [2.75, 3.05) is 7.11 Å². The maximum Gasteiger partial charge on any atom is 0.260 e.